The topological polar surface area (TPSA) is 55.0 Å². The van der Waals surface area contributed by atoms with E-state index in [4.69, 9.17) is 4.74 Å². The number of ether oxygens (including phenoxy) is 1. The Bertz CT molecular complexity index is 891. The average Bonchev–Trinajstić information content (AvgIpc) is 2.84. The quantitative estimate of drug-likeness (QED) is 0.588. The molecule has 4 heteroatoms. The number of esters is 1. The van der Waals surface area contributed by atoms with Crippen LogP contribution in [0.15, 0.2) is 30.5 Å². The highest BCUT2D eigenvalue weighted by Gasteiger charge is 2.08. The first-order valence-electron chi connectivity index (χ1n) is 7.32. The minimum Gasteiger partial charge on any atom is -0.463 e. The third-order valence-electron chi connectivity index (χ3n) is 3.61. The first-order valence-corrected chi connectivity index (χ1v) is 7.32. The molecule has 2 heterocycles. The number of hydrogen-bond donors (Lipinski definition) is 1. The van der Waals surface area contributed by atoms with Gasteiger partial charge in [0, 0.05) is 23.0 Å². The molecule has 0 aliphatic heterocycles. The monoisotopic (exact) mass is 294 g/mol. The van der Waals surface area contributed by atoms with Gasteiger partial charge in [0.05, 0.1) is 12.1 Å². The van der Waals surface area contributed by atoms with Crippen molar-refractivity contribution in [3.63, 3.8) is 0 Å². The molecule has 22 heavy (non-hydrogen) atoms. The fourth-order valence-corrected chi connectivity index (χ4v) is 2.64. The van der Waals surface area contributed by atoms with E-state index < -0.39 is 0 Å². The molecular formula is C18H18N2O2. The van der Waals surface area contributed by atoms with Crippen molar-refractivity contribution in [2.45, 2.75) is 20.8 Å². The fraction of sp³-hybridized carbons (Fsp3) is 0.222. The van der Waals surface area contributed by atoms with Gasteiger partial charge in [-0.05, 0) is 61.7 Å². The highest BCUT2D eigenvalue weighted by atomic mass is 16.5. The SMILES string of the molecule is CCOC(=O)/C=C/c1cc(C)c2[nH]c3ncc(C)cc3c2c1. The molecule has 3 rings (SSSR count). The number of nitrogens with zero attached hydrogens (tertiary/aromatic N) is 1. The predicted octanol–water partition coefficient (Wildman–Crippen LogP) is 3.91. The standard InChI is InChI=1S/C18H18N2O2/c1-4-22-16(21)6-5-13-8-12(3)17-14(9-13)15-7-11(2)10-19-18(15)20-17/h5-10H,4H2,1-3H3,(H,19,20)/b6-5+. The lowest BCUT2D eigenvalue weighted by Gasteiger charge is -2.01. The van der Waals surface area contributed by atoms with Gasteiger partial charge in [-0.2, -0.15) is 0 Å². The van der Waals surface area contributed by atoms with Crippen LogP contribution >= 0.6 is 0 Å². The molecular weight excluding hydrogens is 276 g/mol. The van der Waals surface area contributed by atoms with Crippen molar-refractivity contribution in [2.24, 2.45) is 0 Å². The van der Waals surface area contributed by atoms with Crippen LogP contribution in [0.2, 0.25) is 0 Å². The number of hydrogen-bond acceptors (Lipinski definition) is 3. The summed E-state index contributed by atoms with van der Waals surface area (Å²) in [7, 11) is 0. The van der Waals surface area contributed by atoms with Gasteiger partial charge in [-0.3, -0.25) is 0 Å². The summed E-state index contributed by atoms with van der Waals surface area (Å²) in [6, 6.07) is 6.23. The van der Waals surface area contributed by atoms with E-state index in [1.165, 1.54) is 6.08 Å². The van der Waals surface area contributed by atoms with Crippen LogP contribution in [-0.2, 0) is 9.53 Å². The Morgan fingerprint density at radius 2 is 2.09 bits per heavy atom. The number of H-pyrrole nitrogens is 1. The predicted molar refractivity (Wildman–Crippen MR) is 88.7 cm³/mol. The van der Waals surface area contributed by atoms with Crippen LogP contribution in [-0.4, -0.2) is 22.5 Å². The number of rotatable bonds is 3. The van der Waals surface area contributed by atoms with Crippen molar-refractivity contribution < 1.29 is 9.53 Å². The minimum absolute atomic E-state index is 0.323. The van der Waals surface area contributed by atoms with E-state index in [1.807, 2.05) is 26.1 Å². The van der Waals surface area contributed by atoms with Gasteiger partial charge in [-0.25, -0.2) is 9.78 Å². The summed E-state index contributed by atoms with van der Waals surface area (Å²) in [4.78, 5) is 19.2. The molecule has 0 amide bonds. The summed E-state index contributed by atoms with van der Waals surface area (Å²) in [6.07, 6.45) is 5.10. The van der Waals surface area contributed by atoms with Gasteiger partial charge in [-0.15, -0.1) is 0 Å². The second-order valence-electron chi connectivity index (χ2n) is 5.38. The van der Waals surface area contributed by atoms with Crippen molar-refractivity contribution in [3.8, 4) is 0 Å². The summed E-state index contributed by atoms with van der Waals surface area (Å²) >= 11 is 0. The molecule has 1 aromatic carbocycles. The van der Waals surface area contributed by atoms with Crippen LogP contribution in [0.5, 0.6) is 0 Å². The van der Waals surface area contributed by atoms with E-state index in [-0.39, 0.29) is 5.97 Å². The fourth-order valence-electron chi connectivity index (χ4n) is 2.64. The van der Waals surface area contributed by atoms with E-state index in [2.05, 4.69) is 22.1 Å². The van der Waals surface area contributed by atoms with E-state index >= 15 is 0 Å². The van der Waals surface area contributed by atoms with Crippen molar-refractivity contribution in [1.29, 1.82) is 0 Å². The largest absolute Gasteiger partial charge is 0.463 e. The summed E-state index contributed by atoms with van der Waals surface area (Å²) in [6.45, 7) is 6.26. The molecule has 0 saturated heterocycles. The summed E-state index contributed by atoms with van der Waals surface area (Å²) in [5.41, 5.74) is 5.19. The lowest BCUT2D eigenvalue weighted by Crippen LogP contribution is -1.98. The average molecular weight is 294 g/mol. The van der Waals surface area contributed by atoms with Gasteiger partial charge in [0.2, 0.25) is 0 Å². The van der Waals surface area contributed by atoms with Gasteiger partial charge in [0.15, 0.2) is 0 Å². The molecule has 0 aliphatic carbocycles. The molecule has 2 aromatic heterocycles. The molecule has 3 aromatic rings. The maximum absolute atomic E-state index is 11.4. The Labute approximate surface area is 128 Å². The molecule has 0 atom stereocenters. The maximum Gasteiger partial charge on any atom is 0.330 e. The highest BCUT2D eigenvalue weighted by Crippen LogP contribution is 2.28. The molecule has 1 N–H and O–H groups in total. The van der Waals surface area contributed by atoms with Crippen molar-refractivity contribution in [2.75, 3.05) is 6.61 Å². The van der Waals surface area contributed by atoms with Crippen LogP contribution in [0, 0.1) is 13.8 Å². The third kappa shape index (κ3) is 2.60. The molecule has 0 radical (unpaired) electrons. The van der Waals surface area contributed by atoms with Crippen LogP contribution < -0.4 is 0 Å². The van der Waals surface area contributed by atoms with E-state index in [0.29, 0.717) is 6.61 Å². The molecule has 0 unspecified atom stereocenters. The lowest BCUT2D eigenvalue weighted by atomic mass is 10.0. The van der Waals surface area contributed by atoms with Crippen LogP contribution in [0.3, 0.4) is 0 Å². The number of fused-ring (bicyclic) bond motifs is 3. The highest BCUT2D eigenvalue weighted by molar-refractivity contribution is 6.08. The Kier molecular flexibility index (Phi) is 3.67. The molecule has 0 saturated carbocycles. The normalized spacial score (nSPS) is 11.6. The number of carbonyl (C=O) groups is 1. The van der Waals surface area contributed by atoms with Crippen LogP contribution in [0.25, 0.3) is 28.0 Å². The van der Waals surface area contributed by atoms with Gasteiger partial charge >= 0.3 is 5.97 Å². The zero-order valence-electron chi connectivity index (χ0n) is 12.9. The Morgan fingerprint density at radius 1 is 1.27 bits per heavy atom. The number of nitrogens with one attached hydrogen (secondary N) is 1. The van der Waals surface area contributed by atoms with Crippen molar-refractivity contribution in [3.05, 3.63) is 47.2 Å². The Balaban J connectivity index is 2.12. The molecule has 4 nitrogen and oxygen atoms in total. The first kappa shape index (κ1) is 14.3. The molecule has 0 aliphatic rings. The van der Waals surface area contributed by atoms with Gasteiger partial charge in [-0.1, -0.05) is 0 Å². The molecule has 0 bridgehead atoms. The second-order valence-corrected chi connectivity index (χ2v) is 5.38. The lowest BCUT2D eigenvalue weighted by molar-refractivity contribution is -0.137. The van der Waals surface area contributed by atoms with Gasteiger partial charge in [0.25, 0.3) is 0 Å². The van der Waals surface area contributed by atoms with Crippen LogP contribution in [0.1, 0.15) is 23.6 Å². The summed E-state index contributed by atoms with van der Waals surface area (Å²) < 4.78 is 4.91. The maximum atomic E-state index is 11.4. The second kappa shape index (κ2) is 5.64. The summed E-state index contributed by atoms with van der Waals surface area (Å²) in [5, 5.41) is 2.22. The van der Waals surface area contributed by atoms with Gasteiger partial charge < -0.3 is 9.72 Å². The van der Waals surface area contributed by atoms with Gasteiger partial charge in [0.1, 0.15) is 5.65 Å². The zero-order valence-corrected chi connectivity index (χ0v) is 12.9. The molecule has 0 fully saturated rings. The Morgan fingerprint density at radius 3 is 2.86 bits per heavy atom. The zero-order chi connectivity index (χ0) is 15.7. The number of aromatic nitrogens is 2. The number of aromatic amines is 1. The van der Waals surface area contributed by atoms with E-state index in [1.54, 1.807) is 13.0 Å². The minimum atomic E-state index is -0.323. The van der Waals surface area contributed by atoms with Crippen LogP contribution in [0.4, 0.5) is 0 Å². The van der Waals surface area contributed by atoms with Crippen molar-refractivity contribution >= 4 is 34.0 Å². The third-order valence-corrected chi connectivity index (χ3v) is 3.61. The molecule has 0 spiro atoms. The summed E-state index contributed by atoms with van der Waals surface area (Å²) in [5.74, 6) is -0.323. The van der Waals surface area contributed by atoms with Crippen molar-refractivity contribution in [1.82, 2.24) is 9.97 Å². The first-order chi connectivity index (χ1) is 10.6. The molecule has 112 valence electrons. The van der Waals surface area contributed by atoms with E-state index in [9.17, 15) is 4.79 Å². The number of benzene rings is 1. The van der Waals surface area contributed by atoms with E-state index in [0.717, 1.165) is 38.6 Å². The number of aryl methyl sites for hydroxylation is 2. The smallest absolute Gasteiger partial charge is 0.330 e. The number of carbonyl (C=O) groups excluding carboxylic acids is 1. The Hall–Kier alpha value is -2.62. The number of pyridine rings is 1.